The molecule has 0 saturated heterocycles. The van der Waals surface area contributed by atoms with Crippen molar-refractivity contribution in [3.63, 3.8) is 0 Å². The molecule has 0 spiro atoms. The number of amides is 1. The summed E-state index contributed by atoms with van der Waals surface area (Å²) in [5.41, 5.74) is 1.04. The van der Waals surface area contributed by atoms with Gasteiger partial charge in [0.15, 0.2) is 18.2 Å². The van der Waals surface area contributed by atoms with Crippen LogP contribution in [-0.4, -0.2) is 30.0 Å². The van der Waals surface area contributed by atoms with E-state index in [9.17, 15) is 19.2 Å². The van der Waals surface area contributed by atoms with Crippen LogP contribution < -0.4 is 5.32 Å². The fourth-order valence-corrected chi connectivity index (χ4v) is 2.96. The average molecular weight is 373 g/mol. The number of anilines is 1. The van der Waals surface area contributed by atoms with Crippen molar-refractivity contribution in [2.75, 3.05) is 11.9 Å². The molecule has 26 heavy (non-hydrogen) atoms. The fourth-order valence-electron chi connectivity index (χ4n) is 2.13. The van der Waals surface area contributed by atoms with Gasteiger partial charge in [-0.15, -0.1) is 11.3 Å². The lowest BCUT2D eigenvalue weighted by Crippen LogP contribution is -2.21. The summed E-state index contributed by atoms with van der Waals surface area (Å²) >= 11 is 1.38. The van der Waals surface area contributed by atoms with E-state index in [4.69, 9.17) is 4.74 Å². The second-order valence-electron chi connectivity index (χ2n) is 5.68. The van der Waals surface area contributed by atoms with Crippen molar-refractivity contribution in [3.8, 4) is 0 Å². The van der Waals surface area contributed by atoms with Gasteiger partial charge in [0.2, 0.25) is 0 Å². The third kappa shape index (κ3) is 5.93. The normalized spacial score (nSPS) is 10.2. The third-order valence-corrected chi connectivity index (χ3v) is 4.55. The molecule has 7 heteroatoms. The molecule has 0 bridgehead atoms. The predicted octanol–water partition coefficient (Wildman–Crippen LogP) is 3.40. The minimum atomic E-state index is -0.603. The Kier molecular flexibility index (Phi) is 6.80. The van der Waals surface area contributed by atoms with Crippen LogP contribution in [0, 0.1) is 6.92 Å². The number of esters is 1. The van der Waals surface area contributed by atoms with Gasteiger partial charge in [-0.3, -0.25) is 19.2 Å². The lowest BCUT2D eigenvalue weighted by molar-refractivity contribution is -0.147. The molecule has 136 valence electrons. The van der Waals surface area contributed by atoms with E-state index in [1.54, 1.807) is 30.3 Å². The molecule has 0 unspecified atom stereocenters. The highest BCUT2D eigenvalue weighted by molar-refractivity contribution is 7.14. The van der Waals surface area contributed by atoms with Gasteiger partial charge in [0.05, 0.1) is 11.3 Å². The summed E-state index contributed by atoms with van der Waals surface area (Å²) in [6, 6.07) is 9.97. The number of Topliss-reactive ketones (excluding diaryl/α,β-unsaturated/α-hetero) is 2. The molecule has 2 rings (SSSR count). The number of aryl methyl sites for hydroxylation is 1. The molecule has 2 aromatic rings. The Hall–Kier alpha value is -2.80. The van der Waals surface area contributed by atoms with E-state index in [1.807, 2.05) is 13.0 Å². The molecule has 1 N–H and O–H groups in total. The molecule has 0 fully saturated rings. The number of hydrogen-bond acceptors (Lipinski definition) is 6. The van der Waals surface area contributed by atoms with Gasteiger partial charge in [-0.25, -0.2) is 0 Å². The predicted molar refractivity (Wildman–Crippen MR) is 98.7 cm³/mol. The topological polar surface area (TPSA) is 89.5 Å². The molecule has 0 aliphatic heterocycles. The molecule has 1 amide bonds. The first-order valence-electron chi connectivity index (χ1n) is 8.01. The Bertz CT molecular complexity index is 823. The van der Waals surface area contributed by atoms with Gasteiger partial charge in [-0.2, -0.15) is 0 Å². The molecular formula is C19H19NO5S. The van der Waals surface area contributed by atoms with Gasteiger partial charge in [-0.05, 0) is 50.2 Å². The smallest absolute Gasteiger partial charge is 0.306 e. The van der Waals surface area contributed by atoms with Crippen LogP contribution in [0.4, 0.5) is 5.69 Å². The number of carbonyl (C=O) groups is 4. The first-order chi connectivity index (χ1) is 12.3. The molecule has 1 heterocycles. The van der Waals surface area contributed by atoms with E-state index >= 15 is 0 Å². The van der Waals surface area contributed by atoms with Gasteiger partial charge in [0.1, 0.15) is 0 Å². The highest BCUT2D eigenvalue weighted by atomic mass is 32.1. The van der Waals surface area contributed by atoms with Gasteiger partial charge in [0, 0.05) is 22.5 Å². The van der Waals surface area contributed by atoms with Crippen LogP contribution in [0.5, 0.6) is 0 Å². The summed E-state index contributed by atoms with van der Waals surface area (Å²) in [5, 5.41) is 2.56. The molecule has 0 saturated carbocycles. The minimum absolute atomic E-state index is 0.0485. The molecule has 1 aromatic heterocycles. The van der Waals surface area contributed by atoms with E-state index in [0.29, 0.717) is 16.1 Å². The molecule has 1 aromatic carbocycles. The summed E-state index contributed by atoms with van der Waals surface area (Å²) in [4.78, 5) is 48.2. The van der Waals surface area contributed by atoms with Crippen molar-refractivity contribution in [3.05, 3.63) is 51.7 Å². The van der Waals surface area contributed by atoms with Crippen LogP contribution in [0.2, 0.25) is 0 Å². The van der Waals surface area contributed by atoms with Crippen LogP contribution in [-0.2, 0) is 14.3 Å². The maximum atomic E-state index is 11.9. The summed E-state index contributed by atoms with van der Waals surface area (Å²) in [7, 11) is 0. The number of ether oxygens (including phenoxy) is 1. The Labute approximate surface area is 155 Å². The lowest BCUT2D eigenvalue weighted by Gasteiger charge is -2.07. The number of benzene rings is 1. The summed E-state index contributed by atoms with van der Waals surface area (Å²) in [6.45, 7) is 2.93. The number of carbonyl (C=O) groups excluding carboxylic acids is 4. The van der Waals surface area contributed by atoms with Crippen LogP contribution in [0.15, 0.2) is 36.4 Å². The van der Waals surface area contributed by atoms with E-state index < -0.39 is 18.5 Å². The zero-order chi connectivity index (χ0) is 19.1. The molecule has 0 radical (unpaired) electrons. The van der Waals surface area contributed by atoms with Gasteiger partial charge >= 0.3 is 5.97 Å². The van der Waals surface area contributed by atoms with Gasteiger partial charge in [0.25, 0.3) is 5.91 Å². The second-order valence-corrected chi connectivity index (χ2v) is 6.96. The zero-order valence-corrected chi connectivity index (χ0v) is 15.4. The molecule has 0 aliphatic rings. The highest BCUT2D eigenvalue weighted by Gasteiger charge is 2.13. The van der Waals surface area contributed by atoms with Crippen LogP contribution in [0.1, 0.15) is 44.7 Å². The van der Waals surface area contributed by atoms with Crippen molar-refractivity contribution < 1.29 is 23.9 Å². The van der Waals surface area contributed by atoms with E-state index in [-0.39, 0.29) is 24.4 Å². The molecular weight excluding hydrogens is 354 g/mol. The Morgan fingerprint density at radius 1 is 1.00 bits per heavy atom. The first kappa shape index (κ1) is 19.5. The zero-order valence-electron chi connectivity index (χ0n) is 14.5. The maximum Gasteiger partial charge on any atom is 0.306 e. The van der Waals surface area contributed by atoms with Crippen LogP contribution >= 0.6 is 11.3 Å². The summed E-state index contributed by atoms with van der Waals surface area (Å²) in [5.74, 6) is -1.28. The highest BCUT2D eigenvalue weighted by Crippen LogP contribution is 2.17. The maximum absolute atomic E-state index is 11.9. The number of thiophene rings is 1. The van der Waals surface area contributed by atoms with Crippen molar-refractivity contribution in [2.45, 2.75) is 26.7 Å². The van der Waals surface area contributed by atoms with Gasteiger partial charge in [-0.1, -0.05) is 0 Å². The Morgan fingerprint density at radius 3 is 2.27 bits per heavy atom. The monoisotopic (exact) mass is 373 g/mol. The summed E-state index contributed by atoms with van der Waals surface area (Å²) in [6.07, 6.45) is -0.0245. The van der Waals surface area contributed by atoms with Gasteiger partial charge < -0.3 is 10.1 Å². The van der Waals surface area contributed by atoms with Crippen molar-refractivity contribution in [2.24, 2.45) is 0 Å². The standard InChI is InChI=1S/C19H19NO5S/c1-12-3-9-17(26-12)16(22)8-10-19(24)25-11-18(23)20-15-6-4-14(5-7-15)13(2)21/h3-7,9H,8,10-11H2,1-2H3,(H,20,23). The largest absolute Gasteiger partial charge is 0.456 e. The number of nitrogens with one attached hydrogen (secondary N) is 1. The SMILES string of the molecule is CC(=O)c1ccc(NC(=O)COC(=O)CCC(=O)c2ccc(C)s2)cc1. The third-order valence-electron chi connectivity index (χ3n) is 3.51. The first-order valence-corrected chi connectivity index (χ1v) is 8.83. The molecule has 0 aliphatic carbocycles. The fraction of sp³-hybridized carbons (Fsp3) is 0.263. The molecule has 0 atom stereocenters. The number of rotatable bonds is 8. The minimum Gasteiger partial charge on any atom is -0.456 e. The number of hydrogen-bond donors (Lipinski definition) is 1. The van der Waals surface area contributed by atoms with Crippen molar-refractivity contribution in [1.29, 1.82) is 0 Å². The van der Waals surface area contributed by atoms with Crippen molar-refractivity contribution >= 4 is 40.5 Å². The van der Waals surface area contributed by atoms with Crippen LogP contribution in [0.3, 0.4) is 0 Å². The van der Waals surface area contributed by atoms with E-state index in [0.717, 1.165) is 4.88 Å². The Morgan fingerprint density at radius 2 is 1.69 bits per heavy atom. The molecule has 6 nitrogen and oxygen atoms in total. The second kappa shape index (κ2) is 9.05. The quantitative estimate of drug-likeness (QED) is 0.566. The lowest BCUT2D eigenvalue weighted by atomic mass is 10.1. The van der Waals surface area contributed by atoms with E-state index in [1.165, 1.54) is 18.3 Å². The van der Waals surface area contributed by atoms with Crippen molar-refractivity contribution in [1.82, 2.24) is 0 Å². The average Bonchev–Trinajstić information content (AvgIpc) is 3.05. The Balaban J connectivity index is 1.72. The van der Waals surface area contributed by atoms with E-state index in [2.05, 4.69) is 5.32 Å². The van der Waals surface area contributed by atoms with Crippen LogP contribution in [0.25, 0.3) is 0 Å². The summed E-state index contributed by atoms with van der Waals surface area (Å²) < 4.78 is 4.88. The number of ketones is 2.